The van der Waals surface area contributed by atoms with Crippen molar-refractivity contribution in [2.75, 3.05) is 0 Å². The highest BCUT2D eigenvalue weighted by Crippen LogP contribution is 2.29. The fraction of sp³-hybridized carbons (Fsp3) is 0. The average Bonchev–Trinajstić information content (AvgIpc) is 2.41. The van der Waals surface area contributed by atoms with E-state index in [4.69, 9.17) is 10.5 Å². The largest absolute Gasteiger partial charge is 0.454 e. The monoisotopic (exact) mass is 293 g/mol. The van der Waals surface area contributed by atoms with E-state index < -0.39 is 23.4 Å². The van der Waals surface area contributed by atoms with E-state index in [1.807, 2.05) is 0 Å². The van der Waals surface area contributed by atoms with Crippen LogP contribution in [0.1, 0.15) is 5.56 Å². The van der Waals surface area contributed by atoms with Crippen molar-refractivity contribution >= 4 is 12.0 Å². The Bertz CT molecular complexity index is 714. The third-order valence-corrected chi connectivity index (χ3v) is 2.51. The normalized spacial score (nSPS) is 10.8. The number of primary amides is 1. The second kappa shape index (κ2) is 6.13. The Labute approximate surface area is 118 Å². The highest BCUT2D eigenvalue weighted by molar-refractivity contribution is 5.90. The second-order valence-corrected chi connectivity index (χ2v) is 4.09. The number of carbonyl (C=O) groups excluding carboxylic acids is 1. The Morgan fingerprint density at radius 2 is 1.62 bits per heavy atom. The van der Waals surface area contributed by atoms with Crippen molar-refractivity contribution in [3.05, 3.63) is 65.5 Å². The van der Waals surface area contributed by atoms with E-state index in [1.165, 1.54) is 12.1 Å². The zero-order chi connectivity index (χ0) is 15.4. The molecule has 2 rings (SSSR count). The summed E-state index contributed by atoms with van der Waals surface area (Å²) in [7, 11) is 0. The number of nitrogens with two attached hydrogens (primary N) is 1. The van der Waals surface area contributed by atoms with Gasteiger partial charge in [-0.05, 0) is 36.4 Å². The molecule has 0 aliphatic rings. The molecule has 0 heterocycles. The first-order chi connectivity index (χ1) is 9.95. The molecule has 6 heteroatoms. The van der Waals surface area contributed by atoms with Gasteiger partial charge in [0.2, 0.25) is 5.91 Å². The molecule has 0 saturated carbocycles. The molecule has 0 bridgehead atoms. The minimum atomic E-state index is -0.899. The van der Waals surface area contributed by atoms with E-state index in [0.29, 0.717) is 6.07 Å². The minimum absolute atomic E-state index is 0.0967. The summed E-state index contributed by atoms with van der Waals surface area (Å²) in [5.74, 6) is -3.06. The van der Waals surface area contributed by atoms with E-state index in [-0.39, 0.29) is 17.1 Å². The topological polar surface area (TPSA) is 52.3 Å². The molecule has 0 aliphatic heterocycles. The lowest BCUT2D eigenvalue weighted by molar-refractivity contribution is -0.113. The van der Waals surface area contributed by atoms with Crippen molar-refractivity contribution in [2.24, 2.45) is 5.73 Å². The van der Waals surface area contributed by atoms with Crippen LogP contribution in [0.2, 0.25) is 0 Å². The van der Waals surface area contributed by atoms with Crippen molar-refractivity contribution in [1.82, 2.24) is 0 Å². The molecule has 21 heavy (non-hydrogen) atoms. The summed E-state index contributed by atoms with van der Waals surface area (Å²) in [5, 5.41) is 0. The smallest absolute Gasteiger partial charge is 0.241 e. The molecule has 0 fully saturated rings. The standard InChI is InChI=1S/C15H10F3NO2/c16-10-2-4-13(9(7-10)1-6-15(19)20)21-14-5-3-11(17)8-12(14)18/h1-8H,(H2,19,20)/b6-1-. The Morgan fingerprint density at radius 3 is 2.24 bits per heavy atom. The van der Waals surface area contributed by atoms with Crippen LogP contribution < -0.4 is 10.5 Å². The van der Waals surface area contributed by atoms with Gasteiger partial charge in [0.1, 0.15) is 17.4 Å². The highest BCUT2D eigenvalue weighted by atomic mass is 19.1. The molecular weight excluding hydrogens is 283 g/mol. The molecule has 0 atom stereocenters. The Hall–Kier alpha value is -2.76. The van der Waals surface area contributed by atoms with Gasteiger partial charge < -0.3 is 10.5 Å². The number of hydrogen-bond donors (Lipinski definition) is 1. The molecule has 0 unspecified atom stereocenters. The maximum Gasteiger partial charge on any atom is 0.241 e. The predicted molar refractivity (Wildman–Crippen MR) is 71.1 cm³/mol. The number of benzene rings is 2. The summed E-state index contributed by atoms with van der Waals surface area (Å²) in [6.07, 6.45) is 2.25. The van der Waals surface area contributed by atoms with E-state index in [1.54, 1.807) is 0 Å². The van der Waals surface area contributed by atoms with Crippen molar-refractivity contribution in [1.29, 1.82) is 0 Å². The number of amides is 1. The summed E-state index contributed by atoms with van der Waals surface area (Å²) in [4.78, 5) is 10.7. The van der Waals surface area contributed by atoms with Crippen molar-refractivity contribution in [2.45, 2.75) is 0 Å². The van der Waals surface area contributed by atoms with Crippen LogP contribution in [0.5, 0.6) is 11.5 Å². The van der Waals surface area contributed by atoms with E-state index in [2.05, 4.69) is 0 Å². The minimum Gasteiger partial charge on any atom is -0.454 e. The fourth-order valence-electron chi connectivity index (χ4n) is 1.59. The van der Waals surface area contributed by atoms with Crippen molar-refractivity contribution < 1.29 is 22.7 Å². The van der Waals surface area contributed by atoms with Gasteiger partial charge >= 0.3 is 0 Å². The van der Waals surface area contributed by atoms with Gasteiger partial charge in [-0.25, -0.2) is 13.2 Å². The van der Waals surface area contributed by atoms with E-state index >= 15 is 0 Å². The number of hydrogen-bond acceptors (Lipinski definition) is 2. The number of carbonyl (C=O) groups is 1. The van der Waals surface area contributed by atoms with Gasteiger partial charge in [0.15, 0.2) is 11.6 Å². The molecule has 0 aromatic heterocycles. The molecule has 0 spiro atoms. The Kier molecular flexibility index (Phi) is 4.27. The molecule has 2 N–H and O–H groups in total. The van der Waals surface area contributed by atoms with Crippen LogP contribution >= 0.6 is 0 Å². The third kappa shape index (κ3) is 3.85. The van der Waals surface area contributed by atoms with Crippen LogP contribution in [0.25, 0.3) is 6.08 Å². The van der Waals surface area contributed by atoms with Gasteiger partial charge in [-0.15, -0.1) is 0 Å². The van der Waals surface area contributed by atoms with Crippen LogP contribution in [0.3, 0.4) is 0 Å². The summed E-state index contributed by atoms with van der Waals surface area (Å²) < 4.78 is 44.8. The Morgan fingerprint density at radius 1 is 1.00 bits per heavy atom. The number of rotatable bonds is 4. The third-order valence-electron chi connectivity index (χ3n) is 2.51. The first-order valence-electron chi connectivity index (χ1n) is 5.85. The van der Waals surface area contributed by atoms with Gasteiger partial charge in [-0.2, -0.15) is 0 Å². The maximum atomic E-state index is 13.5. The zero-order valence-electron chi connectivity index (χ0n) is 10.6. The SMILES string of the molecule is NC(=O)/C=C\c1cc(F)ccc1Oc1ccc(F)cc1F. The molecule has 2 aromatic rings. The van der Waals surface area contributed by atoms with E-state index in [0.717, 1.165) is 30.3 Å². The second-order valence-electron chi connectivity index (χ2n) is 4.09. The molecular formula is C15H10F3NO2. The summed E-state index contributed by atoms with van der Waals surface area (Å²) in [5.41, 5.74) is 5.15. The summed E-state index contributed by atoms with van der Waals surface area (Å²) in [6, 6.07) is 6.27. The van der Waals surface area contributed by atoms with Crippen LogP contribution in [-0.4, -0.2) is 5.91 Å². The molecule has 3 nitrogen and oxygen atoms in total. The number of halogens is 3. The van der Waals surface area contributed by atoms with Gasteiger partial charge in [0, 0.05) is 17.7 Å². The molecule has 0 radical (unpaired) electrons. The maximum absolute atomic E-state index is 13.5. The molecule has 0 aliphatic carbocycles. The Balaban J connectivity index is 2.37. The van der Waals surface area contributed by atoms with Crippen LogP contribution in [-0.2, 0) is 4.79 Å². The predicted octanol–water partition coefficient (Wildman–Crippen LogP) is 3.39. The van der Waals surface area contributed by atoms with Gasteiger partial charge in [0.05, 0.1) is 0 Å². The molecule has 2 aromatic carbocycles. The lowest BCUT2D eigenvalue weighted by atomic mass is 10.1. The van der Waals surface area contributed by atoms with Crippen molar-refractivity contribution in [3.8, 4) is 11.5 Å². The van der Waals surface area contributed by atoms with Crippen LogP contribution in [0.4, 0.5) is 13.2 Å². The average molecular weight is 293 g/mol. The van der Waals surface area contributed by atoms with Crippen LogP contribution in [0, 0.1) is 17.5 Å². The molecule has 108 valence electrons. The number of ether oxygens (including phenoxy) is 1. The fourth-order valence-corrected chi connectivity index (χ4v) is 1.59. The van der Waals surface area contributed by atoms with Crippen LogP contribution in [0.15, 0.2) is 42.5 Å². The molecule has 0 saturated heterocycles. The first-order valence-corrected chi connectivity index (χ1v) is 5.85. The van der Waals surface area contributed by atoms with Crippen molar-refractivity contribution in [3.63, 3.8) is 0 Å². The van der Waals surface area contributed by atoms with Gasteiger partial charge in [-0.3, -0.25) is 4.79 Å². The van der Waals surface area contributed by atoms with E-state index in [9.17, 15) is 18.0 Å². The zero-order valence-corrected chi connectivity index (χ0v) is 10.6. The first kappa shape index (κ1) is 14.6. The van der Waals surface area contributed by atoms with Gasteiger partial charge in [-0.1, -0.05) is 0 Å². The molecule has 1 amide bonds. The summed E-state index contributed by atoms with van der Waals surface area (Å²) >= 11 is 0. The summed E-state index contributed by atoms with van der Waals surface area (Å²) in [6.45, 7) is 0. The quantitative estimate of drug-likeness (QED) is 0.878. The van der Waals surface area contributed by atoms with Gasteiger partial charge in [0.25, 0.3) is 0 Å². The lowest BCUT2D eigenvalue weighted by Crippen LogP contribution is -2.05. The lowest BCUT2D eigenvalue weighted by Gasteiger charge is -2.09. The highest BCUT2D eigenvalue weighted by Gasteiger charge is 2.09.